The van der Waals surface area contributed by atoms with Gasteiger partial charge in [0.15, 0.2) is 5.11 Å². The summed E-state index contributed by atoms with van der Waals surface area (Å²) in [5.74, 6) is -0.00338. The summed E-state index contributed by atoms with van der Waals surface area (Å²) in [7, 11) is 0. The van der Waals surface area contributed by atoms with E-state index in [1.54, 1.807) is 4.90 Å². The smallest absolute Gasteiger partial charge is 0.255 e. The second-order valence-corrected chi connectivity index (χ2v) is 4.73. The van der Waals surface area contributed by atoms with Crippen LogP contribution in [-0.4, -0.2) is 17.1 Å². The van der Waals surface area contributed by atoms with Crippen LogP contribution < -0.4 is 10.2 Å². The van der Waals surface area contributed by atoms with Gasteiger partial charge in [-0.2, -0.15) is 0 Å². The number of rotatable bonds is 1. The van der Waals surface area contributed by atoms with Crippen LogP contribution in [0.5, 0.6) is 0 Å². The third kappa shape index (κ3) is 1.57. The predicted octanol–water partition coefficient (Wildman–Crippen LogP) is 2.45. The van der Waals surface area contributed by atoms with E-state index < -0.39 is 0 Å². The molecule has 1 unspecified atom stereocenters. The van der Waals surface area contributed by atoms with Gasteiger partial charge in [0.2, 0.25) is 0 Å². The Hall–Kier alpha value is -1.94. The molecule has 1 fully saturated rings. The van der Waals surface area contributed by atoms with Crippen LogP contribution in [0.15, 0.2) is 42.5 Å². The largest absolute Gasteiger partial charge is 0.350 e. The van der Waals surface area contributed by atoms with Gasteiger partial charge in [-0.1, -0.05) is 36.4 Å². The molecule has 0 spiro atoms. The van der Waals surface area contributed by atoms with Crippen LogP contribution in [-0.2, 0) is 4.79 Å². The topological polar surface area (TPSA) is 32.3 Å². The van der Waals surface area contributed by atoms with Crippen molar-refractivity contribution in [1.82, 2.24) is 5.32 Å². The van der Waals surface area contributed by atoms with E-state index in [0.717, 1.165) is 16.5 Å². The summed E-state index contributed by atoms with van der Waals surface area (Å²) in [5.41, 5.74) is 0.847. The Bertz CT molecular complexity index is 648. The molecule has 1 heterocycles. The number of hydrogen-bond acceptors (Lipinski definition) is 2. The van der Waals surface area contributed by atoms with Crippen molar-refractivity contribution in [2.45, 2.75) is 13.0 Å². The van der Waals surface area contributed by atoms with Gasteiger partial charge in [0, 0.05) is 5.39 Å². The molecular formula is C14H12N2OS. The van der Waals surface area contributed by atoms with Crippen molar-refractivity contribution >= 4 is 39.7 Å². The van der Waals surface area contributed by atoms with E-state index in [9.17, 15) is 4.79 Å². The van der Waals surface area contributed by atoms with Crippen LogP contribution in [0.4, 0.5) is 5.69 Å². The molecule has 1 N–H and O–H groups in total. The summed E-state index contributed by atoms with van der Waals surface area (Å²) in [5, 5.41) is 5.60. The number of nitrogens with one attached hydrogen (secondary N) is 1. The van der Waals surface area contributed by atoms with Crippen molar-refractivity contribution in [3.8, 4) is 0 Å². The molecule has 3 nitrogen and oxygen atoms in total. The molecule has 2 aromatic rings. The Labute approximate surface area is 110 Å². The van der Waals surface area contributed by atoms with Crippen molar-refractivity contribution in [3.63, 3.8) is 0 Å². The maximum Gasteiger partial charge on any atom is 0.255 e. The number of benzene rings is 2. The molecule has 3 rings (SSSR count). The number of carbonyl (C=O) groups is 1. The molecular weight excluding hydrogens is 244 g/mol. The molecule has 18 heavy (non-hydrogen) atoms. The van der Waals surface area contributed by atoms with E-state index in [1.165, 1.54) is 0 Å². The normalized spacial score (nSPS) is 19.4. The van der Waals surface area contributed by atoms with Crippen molar-refractivity contribution in [1.29, 1.82) is 0 Å². The Kier molecular flexibility index (Phi) is 2.52. The van der Waals surface area contributed by atoms with E-state index in [2.05, 4.69) is 5.32 Å². The van der Waals surface area contributed by atoms with Crippen LogP contribution in [0.1, 0.15) is 6.92 Å². The molecule has 0 saturated carbocycles. The lowest BCUT2D eigenvalue weighted by atomic mass is 10.1. The summed E-state index contributed by atoms with van der Waals surface area (Å²) in [4.78, 5) is 13.7. The molecule has 1 atom stereocenters. The summed E-state index contributed by atoms with van der Waals surface area (Å²) in [6.07, 6.45) is 0. The zero-order valence-electron chi connectivity index (χ0n) is 9.88. The van der Waals surface area contributed by atoms with E-state index >= 15 is 0 Å². The van der Waals surface area contributed by atoms with Gasteiger partial charge < -0.3 is 5.32 Å². The van der Waals surface area contributed by atoms with Crippen LogP contribution in [0.3, 0.4) is 0 Å². The highest BCUT2D eigenvalue weighted by Gasteiger charge is 2.33. The third-order valence-corrected chi connectivity index (χ3v) is 3.44. The molecule has 0 bridgehead atoms. The fourth-order valence-corrected chi connectivity index (χ4v) is 2.60. The maximum absolute atomic E-state index is 12.1. The average molecular weight is 256 g/mol. The van der Waals surface area contributed by atoms with Crippen molar-refractivity contribution in [3.05, 3.63) is 42.5 Å². The zero-order valence-corrected chi connectivity index (χ0v) is 10.7. The van der Waals surface area contributed by atoms with E-state index in [4.69, 9.17) is 12.2 Å². The highest BCUT2D eigenvalue weighted by molar-refractivity contribution is 7.80. The SMILES string of the molecule is CC1NC(=S)N(c2cccc3ccccc23)C1=O. The molecule has 0 aromatic heterocycles. The molecule has 1 saturated heterocycles. The summed E-state index contributed by atoms with van der Waals surface area (Å²) in [6.45, 7) is 1.82. The molecule has 2 aromatic carbocycles. The fourth-order valence-electron chi connectivity index (χ4n) is 2.24. The molecule has 0 aliphatic carbocycles. The second kappa shape index (κ2) is 4.07. The molecule has 0 radical (unpaired) electrons. The van der Waals surface area contributed by atoms with Crippen LogP contribution in [0.2, 0.25) is 0 Å². The highest BCUT2D eigenvalue weighted by atomic mass is 32.1. The van der Waals surface area contributed by atoms with Crippen molar-refractivity contribution < 1.29 is 4.79 Å². The molecule has 4 heteroatoms. The number of fused-ring (bicyclic) bond motifs is 1. The van der Waals surface area contributed by atoms with Gasteiger partial charge in [-0.05, 0) is 30.6 Å². The Morgan fingerprint density at radius 3 is 2.61 bits per heavy atom. The first-order valence-electron chi connectivity index (χ1n) is 5.81. The quantitative estimate of drug-likeness (QED) is 0.795. The van der Waals surface area contributed by atoms with Crippen molar-refractivity contribution in [2.75, 3.05) is 4.90 Å². The maximum atomic E-state index is 12.1. The van der Waals surface area contributed by atoms with Crippen LogP contribution in [0.25, 0.3) is 10.8 Å². The Morgan fingerprint density at radius 1 is 1.17 bits per heavy atom. The number of thiocarbonyl (C=S) groups is 1. The molecule has 1 amide bonds. The Morgan fingerprint density at radius 2 is 1.89 bits per heavy atom. The molecule has 1 aliphatic rings. The van der Waals surface area contributed by atoms with Gasteiger partial charge in [-0.15, -0.1) is 0 Å². The van der Waals surface area contributed by atoms with Crippen molar-refractivity contribution in [2.24, 2.45) is 0 Å². The number of amides is 1. The van der Waals surface area contributed by atoms with Crippen LogP contribution in [0, 0.1) is 0 Å². The lowest BCUT2D eigenvalue weighted by molar-refractivity contribution is -0.117. The first kappa shape index (κ1) is 11.2. The van der Waals surface area contributed by atoms with Gasteiger partial charge in [0.05, 0.1) is 5.69 Å². The van der Waals surface area contributed by atoms with Crippen LogP contribution >= 0.6 is 12.2 Å². The van der Waals surface area contributed by atoms with E-state index in [1.807, 2.05) is 49.4 Å². The second-order valence-electron chi connectivity index (χ2n) is 4.34. The number of carbonyl (C=O) groups excluding carboxylic acids is 1. The predicted molar refractivity (Wildman–Crippen MR) is 76.6 cm³/mol. The van der Waals surface area contributed by atoms with Gasteiger partial charge in [-0.3, -0.25) is 9.69 Å². The number of anilines is 1. The fraction of sp³-hybridized carbons (Fsp3) is 0.143. The van der Waals surface area contributed by atoms with Gasteiger partial charge in [-0.25, -0.2) is 0 Å². The summed E-state index contributed by atoms with van der Waals surface area (Å²) >= 11 is 5.23. The minimum absolute atomic E-state index is 0.00338. The first-order valence-corrected chi connectivity index (χ1v) is 6.21. The van der Waals surface area contributed by atoms with E-state index in [0.29, 0.717) is 5.11 Å². The molecule has 1 aliphatic heterocycles. The first-order chi connectivity index (χ1) is 8.68. The highest BCUT2D eigenvalue weighted by Crippen LogP contribution is 2.28. The minimum atomic E-state index is -0.253. The van der Waals surface area contributed by atoms with Gasteiger partial charge in [0.25, 0.3) is 5.91 Å². The van der Waals surface area contributed by atoms with Gasteiger partial charge >= 0.3 is 0 Å². The zero-order chi connectivity index (χ0) is 12.7. The number of hydrogen-bond donors (Lipinski definition) is 1. The standard InChI is InChI=1S/C14H12N2OS/c1-9-13(17)16(14(18)15-9)12-8-4-6-10-5-2-3-7-11(10)12/h2-9H,1H3,(H,15,18). The summed E-state index contributed by atoms with van der Waals surface area (Å²) in [6, 6.07) is 13.6. The number of nitrogens with zero attached hydrogens (tertiary/aromatic N) is 1. The lowest BCUT2D eigenvalue weighted by Gasteiger charge is -2.17. The van der Waals surface area contributed by atoms with Gasteiger partial charge in [0.1, 0.15) is 6.04 Å². The Balaban J connectivity index is 2.21. The lowest BCUT2D eigenvalue weighted by Crippen LogP contribution is -2.30. The average Bonchev–Trinajstić information content (AvgIpc) is 2.63. The summed E-state index contributed by atoms with van der Waals surface area (Å²) < 4.78 is 0. The third-order valence-electron chi connectivity index (χ3n) is 3.14. The minimum Gasteiger partial charge on any atom is -0.350 e. The monoisotopic (exact) mass is 256 g/mol. The van der Waals surface area contributed by atoms with E-state index in [-0.39, 0.29) is 11.9 Å². The molecule has 90 valence electrons.